The maximum Gasteiger partial charge on any atom is 0.127 e. The Morgan fingerprint density at radius 2 is 1.86 bits per heavy atom. The molecule has 0 amide bonds. The van der Waals surface area contributed by atoms with Gasteiger partial charge in [-0.3, -0.25) is 0 Å². The van der Waals surface area contributed by atoms with Crippen molar-refractivity contribution < 1.29 is 9.47 Å². The molecule has 1 heterocycles. The molecule has 3 nitrogen and oxygen atoms in total. The van der Waals surface area contributed by atoms with Crippen LogP contribution in [0.4, 0.5) is 0 Å². The van der Waals surface area contributed by atoms with Gasteiger partial charge in [0.25, 0.3) is 0 Å². The van der Waals surface area contributed by atoms with E-state index in [-0.39, 0.29) is 0 Å². The summed E-state index contributed by atoms with van der Waals surface area (Å²) >= 11 is 5.71. The number of hydrogen-bond donors (Lipinski definition) is 0. The number of benzene rings is 2. The molecule has 0 spiro atoms. The average molecular weight is 301 g/mol. The van der Waals surface area contributed by atoms with Crippen molar-refractivity contribution in [2.24, 2.45) is 0 Å². The van der Waals surface area contributed by atoms with Crippen molar-refractivity contribution >= 4 is 28.0 Å². The van der Waals surface area contributed by atoms with Crippen LogP contribution in [0, 0.1) is 0 Å². The molecule has 1 aliphatic heterocycles. The molecule has 1 saturated heterocycles. The molecule has 2 aromatic carbocycles. The van der Waals surface area contributed by atoms with E-state index in [9.17, 15) is 0 Å². The molecule has 0 bridgehead atoms. The minimum Gasteiger partial charge on any atom is -0.493 e. The molecule has 1 aliphatic rings. The molecule has 1 fully saturated rings. The Kier molecular flexibility index (Phi) is 4.36. The van der Waals surface area contributed by atoms with Crippen LogP contribution in [0.25, 0.3) is 10.8 Å². The van der Waals surface area contributed by atoms with Gasteiger partial charge in [-0.1, -0.05) is 36.5 Å². The van der Waals surface area contributed by atoms with Crippen LogP contribution >= 0.6 is 12.2 Å². The van der Waals surface area contributed by atoms with Gasteiger partial charge in [-0.2, -0.15) is 0 Å². The third kappa shape index (κ3) is 2.87. The van der Waals surface area contributed by atoms with Crippen LogP contribution in [0.2, 0.25) is 0 Å². The minimum absolute atomic E-state index is 0.664. The SMILES string of the molecule is CCOc1ccc(C(=S)N2CCOCC2)c2ccccc12. The summed E-state index contributed by atoms with van der Waals surface area (Å²) < 4.78 is 11.1. The summed E-state index contributed by atoms with van der Waals surface area (Å²) in [5.41, 5.74) is 1.10. The summed E-state index contributed by atoms with van der Waals surface area (Å²) in [5, 5.41) is 2.27. The molecule has 4 heteroatoms. The topological polar surface area (TPSA) is 21.7 Å². The molecule has 0 aromatic heterocycles. The summed E-state index contributed by atoms with van der Waals surface area (Å²) in [5.74, 6) is 0.918. The Morgan fingerprint density at radius 1 is 1.14 bits per heavy atom. The standard InChI is InChI=1S/C17H19NO2S/c1-2-20-16-8-7-15(13-5-3-4-6-14(13)16)17(21)18-9-11-19-12-10-18/h3-8H,2,9-12H2,1H3. The largest absolute Gasteiger partial charge is 0.493 e. The summed E-state index contributed by atoms with van der Waals surface area (Å²) in [7, 11) is 0. The quantitative estimate of drug-likeness (QED) is 0.811. The van der Waals surface area contributed by atoms with Crippen molar-refractivity contribution in [1.29, 1.82) is 0 Å². The molecule has 0 unspecified atom stereocenters. The van der Waals surface area contributed by atoms with Gasteiger partial charge in [0.2, 0.25) is 0 Å². The third-order valence-electron chi connectivity index (χ3n) is 3.71. The smallest absolute Gasteiger partial charge is 0.127 e. The first-order chi connectivity index (χ1) is 10.3. The lowest BCUT2D eigenvalue weighted by molar-refractivity contribution is 0.0693. The molecule has 3 rings (SSSR count). The van der Waals surface area contributed by atoms with Crippen LogP contribution in [-0.2, 0) is 4.74 Å². The number of thiocarbonyl (C=S) groups is 1. The average Bonchev–Trinajstić information content (AvgIpc) is 2.56. The van der Waals surface area contributed by atoms with E-state index in [1.54, 1.807) is 0 Å². The first-order valence-electron chi connectivity index (χ1n) is 7.33. The fourth-order valence-corrected chi connectivity index (χ4v) is 3.04. The van der Waals surface area contributed by atoms with Gasteiger partial charge in [0.05, 0.1) is 19.8 Å². The zero-order valence-electron chi connectivity index (χ0n) is 12.2. The van der Waals surface area contributed by atoms with Crippen LogP contribution in [-0.4, -0.2) is 42.8 Å². The Balaban J connectivity index is 2.02. The molecule has 0 radical (unpaired) electrons. The maximum absolute atomic E-state index is 5.72. The van der Waals surface area contributed by atoms with E-state index in [0.717, 1.165) is 53.4 Å². The van der Waals surface area contributed by atoms with E-state index in [1.807, 2.05) is 25.1 Å². The van der Waals surface area contributed by atoms with Gasteiger partial charge in [0.15, 0.2) is 0 Å². The van der Waals surface area contributed by atoms with Crippen molar-refractivity contribution in [2.45, 2.75) is 6.92 Å². The highest BCUT2D eigenvalue weighted by Crippen LogP contribution is 2.29. The van der Waals surface area contributed by atoms with Gasteiger partial charge in [0.1, 0.15) is 10.7 Å². The van der Waals surface area contributed by atoms with Crippen LogP contribution in [0.1, 0.15) is 12.5 Å². The first-order valence-corrected chi connectivity index (χ1v) is 7.73. The molecule has 110 valence electrons. The van der Waals surface area contributed by atoms with Gasteiger partial charge < -0.3 is 14.4 Å². The monoisotopic (exact) mass is 301 g/mol. The third-order valence-corrected chi connectivity index (χ3v) is 4.19. The fourth-order valence-electron chi connectivity index (χ4n) is 2.68. The number of fused-ring (bicyclic) bond motifs is 1. The van der Waals surface area contributed by atoms with E-state index in [0.29, 0.717) is 6.61 Å². The first kappa shape index (κ1) is 14.3. The van der Waals surface area contributed by atoms with E-state index in [4.69, 9.17) is 21.7 Å². The van der Waals surface area contributed by atoms with Crippen molar-refractivity contribution in [3.05, 3.63) is 42.0 Å². The molecule has 0 atom stereocenters. The second kappa shape index (κ2) is 6.41. The molecule has 21 heavy (non-hydrogen) atoms. The lowest BCUT2D eigenvalue weighted by Gasteiger charge is -2.29. The fraction of sp³-hybridized carbons (Fsp3) is 0.353. The summed E-state index contributed by atoms with van der Waals surface area (Å²) in [6.45, 7) is 5.88. The van der Waals surface area contributed by atoms with E-state index < -0.39 is 0 Å². The minimum atomic E-state index is 0.664. The summed E-state index contributed by atoms with van der Waals surface area (Å²) in [4.78, 5) is 3.12. The van der Waals surface area contributed by atoms with E-state index in [1.165, 1.54) is 0 Å². The molecular weight excluding hydrogens is 282 g/mol. The van der Waals surface area contributed by atoms with Crippen LogP contribution < -0.4 is 4.74 Å². The number of nitrogens with zero attached hydrogens (tertiary/aromatic N) is 1. The Labute approximate surface area is 130 Å². The highest BCUT2D eigenvalue weighted by Gasteiger charge is 2.17. The van der Waals surface area contributed by atoms with E-state index >= 15 is 0 Å². The van der Waals surface area contributed by atoms with Gasteiger partial charge in [-0.25, -0.2) is 0 Å². The second-order valence-electron chi connectivity index (χ2n) is 4.99. The molecule has 0 aliphatic carbocycles. The predicted octanol–water partition coefficient (Wildman–Crippen LogP) is 3.25. The highest BCUT2D eigenvalue weighted by atomic mass is 32.1. The zero-order chi connectivity index (χ0) is 14.7. The van der Waals surface area contributed by atoms with Crippen molar-refractivity contribution in [1.82, 2.24) is 4.90 Å². The van der Waals surface area contributed by atoms with Gasteiger partial charge in [-0.05, 0) is 24.4 Å². The zero-order valence-corrected chi connectivity index (χ0v) is 13.0. The Hall–Kier alpha value is -1.65. The van der Waals surface area contributed by atoms with Crippen LogP contribution in [0.3, 0.4) is 0 Å². The van der Waals surface area contributed by atoms with Crippen LogP contribution in [0.5, 0.6) is 5.75 Å². The molecule has 0 saturated carbocycles. The van der Waals surface area contributed by atoms with Crippen molar-refractivity contribution in [3.8, 4) is 5.75 Å². The number of hydrogen-bond acceptors (Lipinski definition) is 3. The Morgan fingerprint density at radius 3 is 2.57 bits per heavy atom. The van der Waals surface area contributed by atoms with E-state index in [2.05, 4.69) is 23.1 Å². The number of rotatable bonds is 3. The normalized spacial score (nSPS) is 15.2. The lowest BCUT2D eigenvalue weighted by atomic mass is 10.0. The Bertz CT molecular complexity index is 650. The van der Waals surface area contributed by atoms with Crippen molar-refractivity contribution in [2.75, 3.05) is 32.9 Å². The highest BCUT2D eigenvalue weighted by molar-refractivity contribution is 7.80. The van der Waals surface area contributed by atoms with Gasteiger partial charge >= 0.3 is 0 Å². The maximum atomic E-state index is 5.72. The molecule has 2 aromatic rings. The summed E-state index contributed by atoms with van der Waals surface area (Å²) in [6.07, 6.45) is 0. The molecular formula is C17H19NO2S. The number of ether oxygens (including phenoxy) is 2. The predicted molar refractivity (Wildman–Crippen MR) is 89.2 cm³/mol. The van der Waals surface area contributed by atoms with Gasteiger partial charge in [0, 0.05) is 24.0 Å². The van der Waals surface area contributed by atoms with Crippen molar-refractivity contribution in [3.63, 3.8) is 0 Å². The molecule has 0 N–H and O–H groups in total. The van der Waals surface area contributed by atoms with Crippen LogP contribution in [0.15, 0.2) is 36.4 Å². The summed E-state index contributed by atoms with van der Waals surface area (Å²) in [6, 6.07) is 12.4. The second-order valence-corrected chi connectivity index (χ2v) is 5.38. The number of morpholine rings is 1. The van der Waals surface area contributed by atoms with Gasteiger partial charge in [-0.15, -0.1) is 0 Å². The lowest BCUT2D eigenvalue weighted by Crippen LogP contribution is -2.40.